The fraction of sp³-hybridized carbons (Fsp3) is 0.462. The average molecular weight is 317 g/mol. The maximum Gasteiger partial charge on any atom is 0.339 e. The van der Waals surface area contributed by atoms with E-state index >= 15 is 0 Å². The number of benzene rings is 1. The van der Waals surface area contributed by atoms with Gasteiger partial charge in [0.15, 0.2) is 0 Å². The Kier molecular flexibility index (Phi) is 4.60. The number of esters is 1. The third-order valence-corrected chi connectivity index (χ3v) is 4.75. The van der Waals surface area contributed by atoms with E-state index in [1.54, 1.807) is 0 Å². The number of halogens is 1. The van der Waals surface area contributed by atoms with Crippen LogP contribution in [0.1, 0.15) is 23.2 Å². The lowest BCUT2D eigenvalue weighted by molar-refractivity contribution is 0.0596. The normalized spacial score (nSPS) is 16.5. The summed E-state index contributed by atoms with van der Waals surface area (Å²) in [5.41, 5.74) is -0.257. The Bertz CT molecular complexity index is 642. The molecule has 1 fully saturated rings. The second-order valence-corrected chi connectivity index (χ2v) is 6.62. The number of hydrogen-bond donors (Lipinski definition) is 2. The van der Waals surface area contributed by atoms with Gasteiger partial charge in [0, 0.05) is 6.54 Å². The molecule has 1 aliphatic rings. The zero-order valence-electron chi connectivity index (χ0n) is 11.4. The van der Waals surface area contributed by atoms with Crippen molar-refractivity contribution in [2.45, 2.75) is 23.8 Å². The van der Waals surface area contributed by atoms with Crippen molar-refractivity contribution < 1.29 is 27.4 Å². The van der Waals surface area contributed by atoms with Crippen LogP contribution in [0.25, 0.3) is 0 Å². The number of sulfonamides is 1. The number of methoxy groups -OCH3 is 1. The van der Waals surface area contributed by atoms with Crippen molar-refractivity contribution in [2.24, 2.45) is 5.92 Å². The number of hydrogen-bond acceptors (Lipinski definition) is 5. The molecule has 2 N–H and O–H groups in total. The molecule has 1 aromatic carbocycles. The summed E-state index contributed by atoms with van der Waals surface area (Å²) in [7, 11) is -3.02. The fourth-order valence-corrected chi connectivity index (χ4v) is 3.17. The minimum absolute atomic E-state index is 0.0975. The molecule has 8 heteroatoms. The summed E-state index contributed by atoms with van der Waals surface area (Å²) in [6, 6.07) is 2.77. The van der Waals surface area contributed by atoms with Gasteiger partial charge in [0.2, 0.25) is 10.0 Å². The Morgan fingerprint density at radius 3 is 2.76 bits per heavy atom. The van der Waals surface area contributed by atoms with Gasteiger partial charge in [-0.15, -0.1) is 0 Å². The highest BCUT2D eigenvalue weighted by Crippen LogP contribution is 2.32. The van der Waals surface area contributed by atoms with Crippen molar-refractivity contribution in [3.05, 3.63) is 29.6 Å². The summed E-state index contributed by atoms with van der Waals surface area (Å²) in [6.45, 7) is -0.176. The Hall–Kier alpha value is -1.51. The third-order valence-electron chi connectivity index (χ3n) is 3.29. The van der Waals surface area contributed by atoms with Crippen LogP contribution < -0.4 is 4.72 Å². The highest BCUT2D eigenvalue weighted by Gasteiger charge is 2.31. The molecule has 1 unspecified atom stereocenters. The van der Waals surface area contributed by atoms with E-state index in [2.05, 4.69) is 9.46 Å². The van der Waals surface area contributed by atoms with Gasteiger partial charge in [0.05, 0.1) is 23.7 Å². The predicted octanol–water partition coefficient (Wildman–Crippen LogP) is 0.661. The van der Waals surface area contributed by atoms with E-state index in [0.717, 1.165) is 38.2 Å². The number of rotatable bonds is 6. The van der Waals surface area contributed by atoms with Crippen LogP contribution in [0.5, 0.6) is 0 Å². The van der Waals surface area contributed by atoms with Crippen LogP contribution in [0.3, 0.4) is 0 Å². The van der Waals surface area contributed by atoms with Gasteiger partial charge in [0.1, 0.15) is 5.82 Å². The van der Waals surface area contributed by atoms with E-state index in [-0.39, 0.29) is 18.0 Å². The SMILES string of the molecule is COC(=O)c1ccc(F)cc1S(=O)(=O)NCC(O)C1CC1. The summed E-state index contributed by atoms with van der Waals surface area (Å²) < 4.78 is 44.3. The first-order valence-corrected chi connectivity index (χ1v) is 7.89. The molecule has 0 spiro atoms. The molecular formula is C13H16FNO5S. The van der Waals surface area contributed by atoms with Crippen LogP contribution in [-0.2, 0) is 14.8 Å². The topological polar surface area (TPSA) is 92.7 Å². The highest BCUT2D eigenvalue weighted by molar-refractivity contribution is 7.89. The van der Waals surface area contributed by atoms with E-state index in [1.165, 1.54) is 0 Å². The highest BCUT2D eigenvalue weighted by atomic mass is 32.2. The lowest BCUT2D eigenvalue weighted by Crippen LogP contribution is -2.34. The molecule has 0 aromatic heterocycles. The fourth-order valence-electron chi connectivity index (χ4n) is 1.92. The second-order valence-electron chi connectivity index (χ2n) is 4.89. The average Bonchev–Trinajstić information content (AvgIpc) is 3.28. The summed E-state index contributed by atoms with van der Waals surface area (Å²) >= 11 is 0. The maximum atomic E-state index is 13.3. The first kappa shape index (κ1) is 15.9. The van der Waals surface area contributed by atoms with Gasteiger partial charge in [-0.3, -0.25) is 0 Å². The summed E-state index contributed by atoms with van der Waals surface area (Å²) in [5, 5.41) is 9.69. The van der Waals surface area contributed by atoms with Crippen molar-refractivity contribution in [1.29, 1.82) is 0 Å². The van der Waals surface area contributed by atoms with Crippen molar-refractivity contribution >= 4 is 16.0 Å². The second kappa shape index (κ2) is 6.08. The van der Waals surface area contributed by atoms with Crippen LogP contribution in [0.15, 0.2) is 23.1 Å². The van der Waals surface area contributed by atoms with Gasteiger partial charge in [-0.05, 0) is 37.0 Å². The predicted molar refractivity (Wildman–Crippen MR) is 71.7 cm³/mol. The van der Waals surface area contributed by atoms with Gasteiger partial charge in [-0.2, -0.15) is 0 Å². The third kappa shape index (κ3) is 3.78. The number of nitrogens with one attached hydrogen (secondary N) is 1. The van der Waals surface area contributed by atoms with Crippen molar-refractivity contribution in [3.8, 4) is 0 Å². The summed E-state index contributed by atoms with van der Waals surface area (Å²) in [5.74, 6) is -1.57. The van der Waals surface area contributed by atoms with Crippen molar-refractivity contribution in [2.75, 3.05) is 13.7 Å². The van der Waals surface area contributed by atoms with Gasteiger partial charge in [0.25, 0.3) is 0 Å². The van der Waals surface area contributed by atoms with Crippen LogP contribution in [0, 0.1) is 11.7 Å². The number of aliphatic hydroxyl groups is 1. The van der Waals surface area contributed by atoms with Gasteiger partial charge in [-0.25, -0.2) is 22.3 Å². The first-order chi connectivity index (χ1) is 9.85. The van der Waals surface area contributed by atoms with Gasteiger partial charge >= 0.3 is 5.97 Å². The Balaban J connectivity index is 2.25. The Labute approximate surface area is 122 Å². The van der Waals surface area contributed by atoms with E-state index < -0.39 is 32.8 Å². The standard InChI is InChI=1S/C13H16FNO5S/c1-20-13(17)10-5-4-9(14)6-12(10)21(18,19)15-7-11(16)8-2-3-8/h4-6,8,11,15-16H,2-3,7H2,1H3. The molecule has 0 bridgehead atoms. The molecule has 21 heavy (non-hydrogen) atoms. The molecule has 0 heterocycles. The lowest BCUT2D eigenvalue weighted by Gasteiger charge is -2.13. The zero-order chi connectivity index (χ0) is 15.6. The molecule has 0 saturated heterocycles. The monoisotopic (exact) mass is 317 g/mol. The quantitative estimate of drug-likeness (QED) is 0.752. The van der Waals surface area contributed by atoms with E-state index in [4.69, 9.17) is 0 Å². The van der Waals surface area contributed by atoms with Crippen LogP contribution in [0.4, 0.5) is 4.39 Å². The molecule has 1 saturated carbocycles. The van der Waals surface area contributed by atoms with Crippen LogP contribution in [0.2, 0.25) is 0 Å². The first-order valence-electron chi connectivity index (χ1n) is 6.40. The number of ether oxygens (including phenoxy) is 1. The smallest absolute Gasteiger partial charge is 0.339 e. The molecule has 0 aliphatic heterocycles. The number of carbonyl (C=O) groups is 1. The van der Waals surface area contributed by atoms with Crippen molar-refractivity contribution in [1.82, 2.24) is 4.72 Å². The molecule has 0 amide bonds. The Morgan fingerprint density at radius 1 is 1.52 bits per heavy atom. The van der Waals surface area contributed by atoms with Crippen molar-refractivity contribution in [3.63, 3.8) is 0 Å². The minimum atomic E-state index is -4.12. The number of aliphatic hydroxyl groups excluding tert-OH is 1. The Morgan fingerprint density at radius 2 is 2.19 bits per heavy atom. The van der Waals surface area contributed by atoms with Crippen LogP contribution >= 0.6 is 0 Å². The zero-order valence-corrected chi connectivity index (χ0v) is 12.2. The number of carbonyl (C=O) groups excluding carboxylic acids is 1. The molecule has 0 radical (unpaired) electrons. The van der Waals surface area contributed by atoms with E-state index in [9.17, 15) is 22.7 Å². The largest absolute Gasteiger partial charge is 0.465 e. The van der Waals surface area contributed by atoms with E-state index in [0.29, 0.717) is 0 Å². The molecule has 1 aromatic rings. The maximum absolute atomic E-state index is 13.3. The van der Waals surface area contributed by atoms with E-state index in [1.807, 2.05) is 0 Å². The molecule has 1 atom stereocenters. The molecule has 1 aliphatic carbocycles. The molecule has 6 nitrogen and oxygen atoms in total. The lowest BCUT2D eigenvalue weighted by atomic mass is 10.2. The summed E-state index contributed by atoms with van der Waals surface area (Å²) in [6.07, 6.45) is 0.932. The van der Waals surface area contributed by atoms with Crippen LogP contribution in [-0.4, -0.2) is 39.3 Å². The molecule has 116 valence electrons. The van der Waals surface area contributed by atoms with Gasteiger partial charge in [-0.1, -0.05) is 0 Å². The minimum Gasteiger partial charge on any atom is -0.465 e. The molecular weight excluding hydrogens is 301 g/mol. The summed E-state index contributed by atoms with van der Waals surface area (Å²) in [4.78, 5) is 11.1. The molecule has 2 rings (SSSR count). The van der Waals surface area contributed by atoms with Gasteiger partial charge < -0.3 is 9.84 Å².